The molecule has 5 nitrogen and oxygen atoms in total. The van der Waals surface area contributed by atoms with E-state index in [1.807, 2.05) is 6.92 Å². The number of nitrogens with one attached hydrogen (secondary N) is 1. The summed E-state index contributed by atoms with van der Waals surface area (Å²) in [7, 11) is 0. The lowest BCUT2D eigenvalue weighted by Crippen LogP contribution is -2.13. The van der Waals surface area contributed by atoms with Gasteiger partial charge in [0.1, 0.15) is 11.4 Å². The number of thiazole rings is 1. The van der Waals surface area contributed by atoms with Gasteiger partial charge in [-0.25, -0.2) is 4.98 Å². The third kappa shape index (κ3) is 4.33. The number of pyridine rings is 1. The van der Waals surface area contributed by atoms with Crippen molar-refractivity contribution in [2.75, 3.05) is 5.32 Å². The number of benzene rings is 1. The van der Waals surface area contributed by atoms with Crippen LogP contribution in [0.4, 0.5) is 13.9 Å². The smallest absolute Gasteiger partial charge is 0.387 e. The Kier molecular flexibility index (Phi) is 5.43. The first-order chi connectivity index (χ1) is 12.4. The van der Waals surface area contributed by atoms with Crippen LogP contribution in [0.2, 0.25) is 5.02 Å². The first-order valence-electron chi connectivity index (χ1n) is 7.38. The van der Waals surface area contributed by atoms with Crippen LogP contribution >= 0.6 is 22.9 Å². The molecule has 134 valence electrons. The van der Waals surface area contributed by atoms with E-state index in [1.165, 1.54) is 35.7 Å². The molecule has 2 aromatic heterocycles. The molecule has 3 rings (SSSR count). The zero-order valence-electron chi connectivity index (χ0n) is 13.4. The van der Waals surface area contributed by atoms with Crippen LogP contribution < -0.4 is 10.1 Å². The first-order valence-corrected chi connectivity index (χ1v) is 8.57. The van der Waals surface area contributed by atoms with Gasteiger partial charge < -0.3 is 4.74 Å². The van der Waals surface area contributed by atoms with Crippen LogP contribution in [0.5, 0.6) is 5.75 Å². The average Bonchev–Trinajstić information content (AvgIpc) is 2.95. The van der Waals surface area contributed by atoms with Crippen LogP contribution in [0.25, 0.3) is 11.3 Å². The quantitative estimate of drug-likeness (QED) is 0.658. The van der Waals surface area contributed by atoms with E-state index < -0.39 is 12.5 Å². The van der Waals surface area contributed by atoms with E-state index in [4.69, 9.17) is 11.6 Å². The number of nitrogens with zero attached hydrogens (tertiary/aromatic N) is 2. The van der Waals surface area contributed by atoms with E-state index in [2.05, 4.69) is 20.0 Å². The lowest BCUT2D eigenvalue weighted by Gasteiger charge is -2.05. The Bertz CT molecular complexity index is 932. The molecule has 0 aliphatic rings. The van der Waals surface area contributed by atoms with Gasteiger partial charge in [0.05, 0.1) is 5.69 Å². The Labute approximate surface area is 156 Å². The van der Waals surface area contributed by atoms with Crippen molar-refractivity contribution in [1.82, 2.24) is 9.97 Å². The van der Waals surface area contributed by atoms with Gasteiger partial charge in [0.15, 0.2) is 5.13 Å². The molecule has 1 aromatic carbocycles. The van der Waals surface area contributed by atoms with Crippen molar-refractivity contribution < 1.29 is 18.3 Å². The number of aryl methyl sites for hydroxylation is 1. The zero-order valence-corrected chi connectivity index (χ0v) is 14.9. The van der Waals surface area contributed by atoms with E-state index in [-0.39, 0.29) is 11.4 Å². The van der Waals surface area contributed by atoms with Gasteiger partial charge in [-0.15, -0.1) is 11.3 Å². The summed E-state index contributed by atoms with van der Waals surface area (Å²) >= 11 is 7.15. The highest BCUT2D eigenvalue weighted by Crippen LogP contribution is 2.31. The second-order valence-corrected chi connectivity index (χ2v) is 6.78. The monoisotopic (exact) mass is 395 g/mol. The summed E-state index contributed by atoms with van der Waals surface area (Å²) in [5, 5.41) is 3.49. The minimum absolute atomic E-state index is 0.0668. The van der Waals surface area contributed by atoms with Crippen molar-refractivity contribution in [1.29, 1.82) is 0 Å². The highest BCUT2D eigenvalue weighted by Gasteiger charge is 2.14. The fourth-order valence-corrected chi connectivity index (χ4v) is 3.19. The molecule has 0 atom stereocenters. The minimum atomic E-state index is -2.87. The Morgan fingerprint density at radius 3 is 2.65 bits per heavy atom. The number of anilines is 1. The summed E-state index contributed by atoms with van der Waals surface area (Å²) in [4.78, 5) is 21.4. The van der Waals surface area contributed by atoms with Crippen molar-refractivity contribution in [2.45, 2.75) is 13.5 Å². The summed E-state index contributed by atoms with van der Waals surface area (Å²) in [5.74, 6) is -0.356. The normalized spacial score (nSPS) is 10.8. The molecule has 0 fully saturated rings. The van der Waals surface area contributed by atoms with E-state index in [9.17, 15) is 13.6 Å². The van der Waals surface area contributed by atoms with Gasteiger partial charge in [-0.2, -0.15) is 8.78 Å². The predicted molar refractivity (Wildman–Crippen MR) is 96.1 cm³/mol. The van der Waals surface area contributed by atoms with Gasteiger partial charge in [0.25, 0.3) is 5.91 Å². The number of alkyl halides is 2. The first kappa shape index (κ1) is 18.2. The van der Waals surface area contributed by atoms with E-state index in [1.54, 1.807) is 18.2 Å². The van der Waals surface area contributed by atoms with Crippen LogP contribution in [0, 0.1) is 6.92 Å². The number of halogens is 3. The molecular weight excluding hydrogens is 384 g/mol. The molecule has 1 N–H and O–H groups in total. The largest absolute Gasteiger partial charge is 0.435 e. The fourth-order valence-electron chi connectivity index (χ4n) is 2.20. The molecule has 0 aliphatic heterocycles. The molecule has 9 heteroatoms. The van der Waals surface area contributed by atoms with Crippen molar-refractivity contribution in [3.63, 3.8) is 0 Å². The predicted octanol–water partition coefficient (Wildman–Crippen LogP) is 5.02. The Morgan fingerprint density at radius 1 is 1.27 bits per heavy atom. The Morgan fingerprint density at radius 2 is 2.00 bits per heavy atom. The molecule has 0 radical (unpaired) electrons. The van der Waals surface area contributed by atoms with Crippen LogP contribution in [0.3, 0.4) is 0 Å². The minimum Gasteiger partial charge on any atom is -0.435 e. The molecule has 0 spiro atoms. The summed E-state index contributed by atoms with van der Waals surface area (Å²) in [6.45, 7) is -1.02. The molecule has 3 aromatic rings. The van der Waals surface area contributed by atoms with E-state index >= 15 is 0 Å². The molecule has 2 heterocycles. The van der Waals surface area contributed by atoms with Gasteiger partial charge in [-0.3, -0.25) is 15.1 Å². The summed E-state index contributed by atoms with van der Waals surface area (Å²) in [6.07, 6.45) is 1.44. The van der Waals surface area contributed by atoms with Gasteiger partial charge in [-0.05, 0) is 43.3 Å². The van der Waals surface area contributed by atoms with E-state index in [0.717, 1.165) is 10.4 Å². The summed E-state index contributed by atoms with van der Waals surface area (Å²) in [5.41, 5.74) is 1.55. The molecule has 26 heavy (non-hydrogen) atoms. The van der Waals surface area contributed by atoms with Gasteiger partial charge in [-0.1, -0.05) is 11.6 Å². The van der Waals surface area contributed by atoms with E-state index in [0.29, 0.717) is 15.8 Å². The lowest BCUT2D eigenvalue weighted by molar-refractivity contribution is -0.0498. The second kappa shape index (κ2) is 7.76. The summed E-state index contributed by atoms with van der Waals surface area (Å²) in [6, 6.07) is 9.17. The molecular formula is C17H12ClF2N3O2S. The molecule has 0 saturated heterocycles. The van der Waals surface area contributed by atoms with Crippen LogP contribution in [0.1, 0.15) is 15.4 Å². The van der Waals surface area contributed by atoms with Crippen molar-refractivity contribution in [3.8, 4) is 17.0 Å². The number of hydrogen-bond acceptors (Lipinski definition) is 5. The molecule has 1 amide bonds. The maximum Gasteiger partial charge on any atom is 0.387 e. The maximum atomic E-state index is 12.2. The topological polar surface area (TPSA) is 64.1 Å². The van der Waals surface area contributed by atoms with Crippen LogP contribution in [-0.2, 0) is 0 Å². The van der Waals surface area contributed by atoms with Crippen molar-refractivity contribution >= 4 is 34.0 Å². The maximum absolute atomic E-state index is 12.2. The van der Waals surface area contributed by atoms with Crippen LogP contribution in [-0.4, -0.2) is 22.5 Å². The number of carbonyl (C=O) groups excluding carboxylic acids is 1. The second-order valence-electron chi connectivity index (χ2n) is 5.14. The molecule has 0 saturated carbocycles. The third-order valence-corrected chi connectivity index (χ3v) is 4.45. The number of ether oxygens (including phenoxy) is 1. The van der Waals surface area contributed by atoms with Crippen molar-refractivity contribution in [2.24, 2.45) is 0 Å². The van der Waals surface area contributed by atoms with Crippen LogP contribution in [0.15, 0.2) is 42.6 Å². The molecule has 0 aliphatic carbocycles. The Balaban J connectivity index is 1.77. The third-order valence-electron chi connectivity index (χ3n) is 3.32. The highest BCUT2D eigenvalue weighted by atomic mass is 35.5. The van der Waals surface area contributed by atoms with Crippen molar-refractivity contribution in [3.05, 3.63) is 58.2 Å². The number of amides is 1. The SMILES string of the molecule is Cc1sc(NC(=O)c2cc(Cl)ccn2)nc1-c1ccc(OC(F)F)cc1. The average molecular weight is 396 g/mol. The number of aromatic nitrogens is 2. The Hall–Kier alpha value is -2.58. The lowest BCUT2D eigenvalue weighted by atomic mass is 10.1. The van der Waals surface area contributed by atoms with Gasteiger partial charge >= 0.3 is 6.61 Å². The highest BCUT2D eigenvalue weighted by molar-refractivity contribution is 7.16. The molecule has 0 bridgehead atoms. The summed E-state index contributed by atoms with van der Waals surface area (Å²) < 4.78 is 28.7. The zero-order chi connectivity index (χ0) is 18.7. The van der Waals surface area contributed by atoms with Gasteiger partial charge in [0.2, 0.25) is 0 Å². The van der Waals surface area contributed by atoms with Gasteiger partial charge in [0, 0.05) is 21.7 Å². The number of hydrogen-bond donors (Lipinski definition) is 1. The number of rotatable bonds is 5. The standard InChI is InChI=1S/C17H12ClF2N3O2S/c1-9-14(10-2-4-12(5-3-10)25-16(19)20)22-17(26-9)23-15(24)13-8-11(18)6-7-21-13/h2-8,16H,1H3,(H,22,23,24). The fraction of sp³-hybridized carbons (Fsp3) is 0.118. The number of carbonyl (C=O) groups is 1. The molecule has 0 unspecified atom stereocenters.